The fourth-order valence-electron chi connectivity index (χ4n) is 3.15. The number of aryl methyl sites for hydroxylation is 1. The van der Waals surface area contributed by atoms with Crippen molar-refractivity contribution in [1.29, 1.82) is 0 Å². The van der Waals surface area contributed by atoms with Crippen LogP contribution in [0.5, 0.6) is 5.75 Å². The number of ether oxygens (including phenoxy) is 1. The maximum absolute atomic E-state index is 12.8. The second kappa shape index (κ2) is 11.0. The second-order valence-electron chi connectivity index (χ2n) is 7.60. The minimum absolute atomic E-state index is 0.0545. The van der Waals surface area contributed by atoms with Crippen LogP contribution in [0.2, 0.25) is 5.02 Å². The zero-order valence-electron chi connectivity index (χ0n) is 18.9. The number of hydrogen-bond donors (Lipinski definition) is 2. The van der Waals surface area contributed by atoms with Gasteiger partial charge in [-0.25, -0.2) is 23.4 Å². The lowest BCUT2D eigenvalue weighted by Crippen LogP contribution is -2.34. The summed E-state index contributed by atoms with van der Waals surface area (Å²) >= 11 is 7.60. The number of hydrazone groups is 1. The Labute approximate surface area is 216 Å². The van der Waals surface area contributed by atoms with Crippen LogP contribution >= 0.6 is 22.9 Å². The Kier molecular flexibility index (Phi) is 7.80. The third kappa shape index (κ3) is 5.97. The minimum atomic E-state index is -3.84. The molecule has 1 heterocycles. The first-order chi connectivity index (χ1) is 17.2. The van der Waals surface area contributed by atoms with Gasteiger partial charge in [-0.1, -0.05) is 59.6 Å². The van der Waals surface area contributed by atoms with E-state index < -0.39 is 28.4 Å². The average molecular weight is 542 g/mol. The van der Waals surface area contributed by atoms with Gasteiger partial charge in [0.05, 0.1) is 22.7 Å². The van der Waals surface area contributed by atoms with Gasteiger partial charge in [0.25, 0.3) is 5.91 Å². The van der Waals surface area contributed by atoms with Gasteiger partial charge in [0.15, 0.2) is 0 Å². The molecule has 36 heavy (non-hydrogen) atoms. The molecule has 3 aromatic carbocycles. The predicted octanol–water partition coefficient (Wildman–Crippen LogP) is 4.51. The number of thiophene rings is 1. The van der Waals surface area contributed by atoms with Crippen LogP contribution in [-0.2, 0) is 14.8 Å². The average Bonchev–Trinajstić information content (AvgIpc) is 3.21. The molecule has 0 saturated heterocycles. The molecule has 0 spiro atoms. The van der Waals surface area contributed by atoms with Gasteiger partial charge in [-0.15, -0.1) is 11.3 Å². The monoisotopic (exact) mass is 541 g/mol. The molecule has 0 aliphatic carbocycles. The Morgan fingerprint density at radius 2 is 1.72 bits per heavy atom. The number of carbonyl (C=O) groups excluding carboxylic acids is 2. The first-order valence-corrected chi connectivity index (χ1v) is 13.3. The van der Waals surface area contributed by atoms with Gasteiger partial charge in [-0.05, 0) is 37.3 Å². The number of nitrogens with zero attached hydrogens (tertiary/aromatic N) is 1. The van der Waals surface area contributed by atoms with E-state index >= 15 is 0 Å². The molecule has 11 heteroatoms. The summed E-state index contributed by atoms with van der Waals surface area (Å²) in [6.07, 6.45) is 1.29. The van der Waals surface area contributed by atoms with Crippen LogP contribution in [0.1, 0.15) is 20.8 Å². The van der Waals surface area contributed by atoms with Gasteiger partial charge in [0.1, 0.15) is 10.6 Å². The molecule has 8 nitrogen and oxygen atoms in total. The quantitative estimate of drug-likeness (QED) is 0.147. The summed E-state index contributed by atoms with van der Waals surface area (Å²) in [4.78, 5) is 25.2. The molecule has 0 unspecified atom stereocenters. The molecular weight excluding hydrogens is 522 g/mol. The van der Waals surface area contributed by atoms with Crippen molar-refractivity contribution in [2.45, 2.75) is 11.8 Å². The van der Waals surface area contributed by atoms with Crippen LogP contribution in [0.25, 0.3) is 10.1 Å². The lowest BCUT2D eigenvalue weighted by atomic mass is 10.2. The first kappa shape index (κ1) is 25.5. The maximum atomic E-state index is 12.8. The first-order valence-electron chi connectivity index (χ1n) is 10.6. The highest BCUT2D eigenvalue weighted by molar-refractivity contribution is 7.89. The van der Waals surface area contributed by atoms with E-state index in [-0.39, 0.29) is 15.5 Å². The highest BCUT2D eigenvalue weighted by atomic mass is 35.5. The number of rotatable bonds is 8. The third-order valence-electron chi connectivity index (χ3n) is 4.99. The Balaban J connectivity index is 1.38. The van der Waals surface area contributed by atoms with E-state index in [0.717, 1.165) is 15.6 Å². The van der Waals surface area contributed by atoms with Crippen LogP contribution in [-0.4, -0.2) is 33.1 Å². The maximum Gasteiger partial charge on any atom is 0.355 e. The number of fused-ring (bicyclic) bond motifs is 1. The van der Waals surface area contributed by atoms with Crippen molar-refractivity contribution in [2.75, 3.05) is 6.54 Å². The number of para-hydroxylation sites is 1. The molecule has 0 saturated carbocycles. The van der Waals surface area contributed by atoms with E-state index in [2.05, 4.69) is 15.2 Å². The van der Waals surface area contributed by atoms with Crippen molar-refractivity contribution in [3.63, 3.8) is 0 Å². The van der Waals surface area contributed by atoms with E-state index in [4.69, 9.17) is 16.3 Å². The molecule has 0 aliphatic rings. The zero-order chi connectivity index (χ0) is 25.7. The molecule has 1 aromatic heterocycles. The Bertz CT molecular complexity index is 1560. The van der Waals surface area contributed by atoms with Gasteiger partial charge in [-0.2, -0.15) is 5.10 Å². The SMILES string of the molecule is Cc1ccc(S(=O)(=O)NCC(=O)N/N=C\c2ccccc2OC(=O)c2sc3ccccc3c2Cl)cc1. The molecule has 4 aromatic rings. The van der Waals surface area contributed by atoms with E-state index in [9.17, 15) is 18.0 Å². The normalized spacial score (nSPS) is 11.6. The predicted molar refractivity (Wildman–Crippen MR) is 140 cm³/mol. The molecule has 0 fully saturated rings. The number of nitrogens with one attached hydrogen (secondary N) is 2. The topological polar surface area (TPSA) is 114 Å². The molecule has 0 aliphatic heterocycles. The van der Waals surface area contributed by atoms with Crippen molar-refractivity contribution >= 4 is 61.1 Å². The third-order valence-corrected chi connectivity index (χ3v) is 8.06. The number of sulfonamides is 1. The molecular formula is C25H20ClN3O5S2. The van der Waals surface area contributed by atoms with Crippen LogP contribution in [0.3, 0.4) is 0 Å². The van der Waals surface area contributed by atoms with Crippen molar-refractivity contribution in [3.05, 3.63) is 93.8 Å². The van der Waals surface area contributed by atoms with Crippen molar-refractivity contribution in [1.82, 2.24) is 10.1 Å². The van der Waals surface area contributed by atoms with Crippen molar-refractivity contribution in [3.8, 4) is 5.75 Å². The summed E-state index contributed by atoms with van der Waals surface area (Å²) in [7, 11) is -3.84. The molecule has 0 bridgehead atoms. The van der Waals surface area contributed by atoms with Gasteiger partial charge in [-0.3, -0.25) is 4.79 Å². The molecule has 4 rings (SSSR count). The zero-order valence-corrected chi connectivity index (χ0v) is 21.3. The fraction of sp³-hybridized carbons (Fsp3) is 0.0800. The highest BCUT2D eigenvalue weighted by Gasteiger charge is 2.20. The molecule has 1 amide bonds. The number of esters is 1. The fourth-order valence-corrected chi connectivity index (χ4v) is 5.51. The Hall–Kier alpha value is -3.57. The largest absolute Gasteiger partial charge is 0.422 e. The molecule has 0 radical (unpaired) electrons. The lowest BCUT2D eigenvalue weighted by molar-refractivity contribution is -0.119. The van der Waals surface area contributed by atoms with Crippen LogP contribution in [0, 0.1) is 6.92 Å². The Morgan fingerprint density at radius 3 is 2.47 bits per heavy atom. The van der Waals surface area contributed by atoms with E-state index in [1.165, 1.54) is 29.7 Å². The van der Waals surface area contributed by atoms with Gasteiger partial charge < -0.3 is 4.74 Å². The summed E-state index contributed by atoms with van der Waals surface area (Å²) in [5.41, 5.74) is 3.58. The number of hydrogen-bond acceptors (Lipinski definition) is 7. The van der Waals surface area contributed by atoms with Gasteiger partial charge in [0, 0.05) is 15.6 Å². The summed E-state index contributed by atoms with van der Waals surface area (Å²) in [6.45, 7) is 1.34. The van der Waals surface area contributed by atoms with Crippen LogP contribution in [0.4, 0.5) is 0 Å². The number of benzene rings is 3. The summed E-state index contributed by atoms with van der Waals surface area (Å²) < 4.78 is 33.2. The van der Waals surface area contributed by atoms with Crippen molar-refractivity contribution < 1.29 is 22.7 Å². The van der Waals surface area contributed by atoms with Crippen LogP contribution < -0.4 is 14.9 Å². The van der Waals surface area contributed by atoms with E-state index in [1.807, 2.05) is 31.2 Å². The standard InChI is InChI=1S/C25H20ClN3O5S2/c1-16-10-12-18(13-11-16)36(32,33)28-15-22(30)29-27-14-17-6-2-4-8-20(17)34-25(31)24-23(26)19-7-3-5-9-21(19)35-24/h2-14,28H,15H2,1H3,(H,29,30)/b27-14-. The lowest BCUT2D eigenvalue weighted by Gasteiger charge is -2.07. The smallest absolute Gasteiger partial charge is 0.355 e. The summed E-state index contributed by atoms with van der Waals surface area (Å²) in [5, 5.41) is 4.94. The molecule has 0 atom stereocenters. The summed E-state index contributed by atoms with van der Waals surface area (Å²) in [5.74, 6) is -1.07. The van der Waals surface area contributed by atoms with Gasteiger partial charge >= 0.3 is 5.97 Å². The number of amides is 1. The summed E-state index contributed by atoms with van der Waals surface area (Å²) in [6, 6.07) is 20.3. The molecule has 2 N–H and O–H groups in total. The Morgan fingerprint density at radius 1 is 1.03 bits per heavy atom. The highest BCUT2D eigenvalue weighted by Crippen LogP contribution is 2.36. The minimum Gasteiger partial charge on any atom is -0.422 e. The number of halogens is 1. The van der Waals surface area contributed by atoms with E-state index in [0.29, 0.717) is 10.6 Å². The second-order valence-corrected chi connectivity index (χ2v) is 10.8. The van der Waals surface area contributed by atoms with Crippen molar-refractivity contribution in [2.24, 2.45) is 5.10 Å². The van der Waals surface area contributed by atoms with E-state index in [1.54, 1.807) is 36.4 Å². The molecule has 184 valence electrons. The van der Waals surface area contributed by atoms with Gasteiger partial charge in [0.2, 0.25) is 10.0 Å². The van der Waals surface area contributed by atoms with Crippen LogP contribution in [0.15, 0.2) is 82.8 Å². The number of carbonyl (C=O) groups is 2.